The average molecular weight is 953 g/mol. The topological polar surface area (TPSA) is 289 Å². The van der Waals surface area contributed by atoms with Crippen molar-refractivity contribution in [3.8, 4) is 0 Å². The van der Waals surface area contributed by atoms with Crippen LogP contribution in [0.15, 0.2) is 23.3 Å². The summed E-state index contributed by atoms with van der Waals surface area (Å²) in [4.78, 5) is 39.0. The summed E-state index contributed by atoms with van der Waals surface area (Å²) in [5.74, 6) is -3.65. The highest BCUT2D eigenvalue weighted by molar-refractivity contribution is 5.87. The maximum Gasteiger partial charge on any atom is 0.335 e. The van der Waals surface area contributed by atoms with Crippen LogP contribution >= 0.6 is 0 Å². The number of carbonyl (C=O) groups is 3. The number of aliphatic hydroxyl groups is 8. The van der Waals surface area contributed by atoms with Crippen LogP contribution in [0.4, 0.5) is 0 Å². The lowest BCUT2D eigenvalue weighted by Gasteiger charge is -2.73. The number of aliphatic hydroxyl groups excluding tert-OH is 8. The van der Waals surface area contributed by atoms with E-state index in [9.17, 15) is 60.3 Å². The van der Waals surface area contributed by atoms with Gasteiger partial charge in [0.25, 0.3) is 0 Å². The van der Waals surface area contributed by atoms with E-state index < -0.39 is 155 Å². The maximum absolute atomic E-state index is 13.5. The van der Waals surface area contributed by atoms with E-state index >= 15 is 0 Å². The number of carboxylic acid groups (broad SMARTS) is 1. The molecule has 0 aromatic carbocycles. The van der Waals surface area contributed by atoms with Crippen molar-refractivity contribution >= 4 is 17.9 Å². The average Bonchev–Trinajstić information content (AvgIpc) is 3.25. The summed E-state index contributed by atoms with van der Waals surface area (Å²) >= 11 is 0. The fourth-order valence-electron chi connectivity index (χ4n) is 14.7. The van der Waals surface area contributed by atoms with Crippen molar-refractivity contribution in [2.24, 2.45) is 50.2 Å². The van der Waals surface area contributed by atoms with Gasteiger partial charge in [0.15, 0.2) is 18.7 Å². The van der Waals surface area contributed by atoms with Gasteiger partial charge in [-0.1, -0.05) is 66.2 Å². The Morgan fingerprint density at radius 2 is 1.42 bits per heavy atom. The first kappa shape index (κ1) is 52.2. The molecule has 22 atom stereocenters. The van der Waals surface area contributed by atoms with Gasteiger partial charge < -0.3 is 74.4 Å². The van der Waals surface area contributed by atoms with Crippen LogP contribution in [0.5, 0.6) is 0 Å². The zero-order valence-electron chi connectivity index (χ0n) is 40.7. The number of aliphatic carboxylic acids is 1. The summed E-state index contributed by atoms with van der Waals surface area (Å²) in [5, 5.41) is 101. The van der Waals surface area contributed by atoms with Gasteiger partial charge in [0.2, 0.25) is 0 Å². The summed E-state index contributed by atoms with van der Waals surface area (Å²) in [5.41, 5.74) is -4.06. The lowest BCUT2D eigenvalue weighted by atomic mass is 9.32. The second kappa shape index (κ2) is 17.9. The molecule has 18 nitrogen and oxygen atoms in total. The summed E-state index contributed by atoms with van der Waals surface area (Å²) in [6.45, 7) is 19.7. The van der Waals surface area contributed by atoms with E-state index in [0.29, 0.717) is 38.5 Å². The van der Waals surface area contributed by atoms with Crippen molar-refractivity contribution < 1.29 is 88.8 Å². The highest BCUT2D eigenvalue weighted by Crippen LogP contribution is 2.76. The zero-order chi connectivity index (χ0) is 49.9. The molecule has 7 rings (SSSR count). The van der Waals surface area contributed by atoms with Gasteiger partial charge in [0.05, 0.1) is 30.3 Å². The van der Waals surface area contributed by atoms with Crippen LogP contribution < -0.4 is 0 Å². The molecular formula is C49H76O18. The summed E-state index contributed by atoms with van der Waals surface area (Å²) in [7, 11) is 0. The predicted molar refractivity (Wildman–Crippen MR) is 235 cm³/mol. The molecule has 5 aliphatic carbocycles. The van der Waals surface area contributed by atoms with Gasteiger partial charge in [0.1, 0.15) is 54.9 Å². The molecule has 2 heterocycles. The Balaban J connectivity index is 1.24. The number of fused-ring (bicyclic) bond motifs is 7. The second-order valence-electron chi connectivity index (χ2n) is 22.9. The molecule has 0 unspecified atom stereocenters. The van der Waals surface area contributed by atoms with Crippen LogP contribution in [0.25, 0.3) is 0 Å². The Morgan fingerprint density at radius 3 is 2.01 bits per heavy atom. The van der Waals surface area contributed by atoms with Gasteiger partial charge in [-0.2, -0.15) is 0 Å². The van der Waals surface area contributed by atoms with Crippen LogP contribution in [0.2, 0.25) is 0 Å². The number of carboxylic acids is 1. The molecule has 2 saturated heterocycles. The van der Waals surface area contributed by atoms with Crippen LogP contribution in [-0.4, -0.2) is 162 Å². The second-order valence-corrected chi connectivity index (χ2v) is 22.9. The van der Waals surface area contributed by atoms with Crippen LogP contribution in [0, 0.1) is 50.2 Å². The third-order valence-electron chi connectivity index (χ3n) is 18.9. The normalized spacial score (nSPS) is 50.3. The van der Waals surface area contributed by atoms with Gasteiger partial charge in [-0.25, -0.2) is 9.59 Å². The standard InChI is InChI=1S/C49H76O18/c1-12-21(2)41(61)67-38-36(57)44(5,6)19-25-24-13-14-27-46(9)17-16-28(45(7,8)26(46)15-18-47(27,10)48(24,11)37(58)39(63-23(4)51)49(25,38)20-50)64-43-35(32(55)31(54)34(65-43)40(59)60)66-42-33(56)30(53)29(52)22(3)62-42/h12-13,22,25-39,42-43,50,52-58H,14-20H2,1-11H3,(H,59,60)/b21-12+/t22-,25+,26+,27-,28+,29-,30+,31+,32+,33+,34+,35-,36+,37+,38+,39-,42-,43-,46+,47-,48+,49-/m1/s1. The summed E-state index contributed by atoms with van der Waals surface area (Å²) in [6.07, 6.45) is -15.6. The molecule has 6 fully saturated rings. The molecule has 9 N–H and O–H groups in total. The molecule has 2 aliphatic heterocycles. The quantitative estimate of drug-likeness (QED) is 0.0690. The highest BCUT2D eigenvalue weighted by Gasteiger charge is 2.77. The smallest absolute Gasteiger partial charge is 0.335 e. The SMILES string of the molecule is C/C=C(\C)C(=O)O[C@H]1[C@H](O)C(C)(C)C[C@H]2C3=CC[C@@H]4[C@@]5(C)CC[C@H](O[C@@H]6O[C@H](C(=O)O)[C@@H](O)[C@H](O)[C@H]6O[C@H]6O[C@H](C)[C@@H](O)[C@H](O)[C@@H]6O)C(C)(C)[C@@H]5CC[C@@]4(C)[C@]3(C)[C@@H](O)[C@@H](OC(C)=O)[C@]21CO. The number of esters is 2. The monoisotopic (exact) mass is 953 g/mol. The fourth-order valence-corrected chi connectivity index (χ4v) is 14.7. The summed E-state index contributed by atoms with van der Waals surface area (Å²) < 4.78 is 36.5. The third kappa shape index (κ3) is 7.77. The van der Waals surface area contributed by atoms with Gasteiger partial charge >= 0.3 is 17.9 Å². The molecule has 0 spiro atoms. The van der Waals surface area contributed by atoms with Gasteiger partial charge in [-0.3, -0.25) is 4.79 Å². The van der Waals surface area contributed by atoms with E-state index in [1.165, 1.54) is 13.8 Å². The van der Waals surface area contributed by atoms with Gasteiger partial charge in [-0.05, 0) is 98.7 Å². The number of rotatable bonds is 9. The first-order chi connectivity index (χ1) is 31.0. The van der Waals surface area contributed by atoms with Crippen molar-refractivity contribution in [3.63, 3.8) is 0 Å². The van der Waals surface area contributed by atoms with E-state index in [-0.39, 0.29) is 17.4 Å². The predicted octanol–water partition coefficient (Wildman–Crippen LogP) is 1.88. The molecule has 67 heavy (non-hydrogen) atoms. The highest BCUT2D eigenvalue weighted by atomic mass is 16.8. The van der Waals surface area contributed by atoms with Crippen molar-refractivity contribution in [1.82, 2.24) is 0 Å². The minimum atomic E-state index is -1.97. The molecule has 0 radical (unpaired) electrons. The van der Waals surface area contributed by atoms with E-state index in [1.54, 1.807) is 19.9 Å². The maximum atomic E-state index is 13.5. The Morgan fingerprint density at radius 1 is 0.776 bits per heavy atom. The number of ether oxygens (including phenoxy) is 6. The van der Waals surface area contributed by atoms with Gasteiger partial charge in [-0.15, -0.1) is 0 Å². The largest absolute Gasteiger partial charge is 0.479 e. The third-order valence-corrected chi connectivity index (χ3v) is 18.9. The number of carbonyl (C=O) groups excluding carboxylic acids is 2. The minimum absolute atomic E-state index is 0.0472. The molecule has 0 bridgehead atoms. The lowest BCUT2D eigenvalue weighted by Crippen LogP contribution is -2.77. The zero-order valence-corrected chi connectivity index (χ0v) is 40.7. The van der Waals surface area contributed by atoms with E-state index in [4.69, 9.17) is 28.4 Å². The molecule has 18 heteroatoms. The number of allylic oxidation sites excluding steroid dienone is 2. The number of hydrogen-bond donors (Lipinski definition) is 9. The van der Waals surface area contributed by atoms with Crippen molar-refractivity contribution in [1.29, 1.82) is 0 Å². The molecule has 380 valence electrons. The van der Waals surface area contributed by atoms with Crippen molar-refractivity contribution in [3.05, 3.63) is 23.3 Å². The van der Waals surface area contributed by atoms with Crippen LogP contribution in [0.3, 0.4) is 0 Å². The van der Waals surface area contributed by atoms with E-state index in [1.807, 2.05) is 20.8 Å². The molecule has 0 aromatic rings. The Hall–Kier alpha value is -2.59. The molecule has 0 amide bonds. The first-order valence-corrected chi connectivity index (χ1v) is 24.0. The van der Waals surface area contributed by atoms with Crippen LogP contribution in [0.1, 0.15) is 115 Å². The number of hydrogen-bond acceptors (Lipinski definition) is 17. The Labute approximate surface area is 392 Å². The van der Waals surface area contributed by atoms with E-state index in [0.717, 1.165) is 5.57 Å². The molecule has 7 aliphatic rings. The molecule has 4 saturated carbocycles. The lowest BCUT2D eigenvalue weighted by molar-refractivity contribution is -0.372. The first-order valence-electron chi connectivity index (χ1n) is 24.0. The van der Waals surface area contributed by atoms with Gasteiger partial charge in [0, 0.05) is 17.9 Å². The van der Waals surface area contributed by atoms with E-state index in [2.05, 4.69) is 33.8 Å². The Bertz CT molecular complexity index is 1970. The fraction of sp³-hybridized carbons (Fsp3) is 0.857. The molecule has 0 aromatic heterocycles. The minimum Gasteiger partial charge on any atom is -0.479 e. The van der Waals surface area contributed by atoms with Crippen molar-refractivity contribution in [2.75, 3.05) is 6.61 Å². The Kier molecular flexibility index (Phi) is 14.0. The van der Waals surface area contributed by atoms with Crippen LogP contribution in [-0.2, 0) is 42.8 Å². The molecular weight excluding hydrogens is 877 g/mol. The summed E-state index contributed by atoms with van der Waals surface area (Å²) in [6, 6.07) is 0. The van der Waals surface area contributed by atoms with Crippen molar-refractivity contribution in [2.45, 2.75) is 207 Å².